The first-order valence-electron chi connectivity index (χ1n) is 8.36. The Kier molecular flexibility index (Phi) is 9.72. The number of hydrogen-bond acceptors (Lipinski definition) is 2. The number of unbranched alkanes of at least 4 members (excludes halogenated alkanes) is 1. The van der Waals surface area contributed by atoms with Gasteiger partial charge in [-0.2, -0.15) is 0 Å². The van der Waals surface area contributed by atoms with Crippen LogP contribution in [0.2, 0.25) is 0 Å². The molecule has 0 heterocycles. The summed E-state index contributed by atoms with van der Waals surface area (Å²) in [5.74, 6) is 0. The van der Waals surface area contributed by atoms with Crippen LogP contribution < -0.4 is 5.32 Å². The Bertz CT molecular complexity index is 213. The first kappa shape index (κ1) is 18.9. The molecule has 2 heteroatoms. The zero-order chi connectivity index (χ0) is 14.9. The van der Waals surface area contributed by atoms with Crippen LogP contribution in [0.3, 0.4) is 0 Å². The van der Waals surface area contributed by atoms with Gasteiger partial charge in [0.2, 0.25) is 0 Å². The molecule has 0 amide bonds. The van der Waals surface area contributed by atoms with Gasteiger partial charge in [0.25, 0.3) is 0 Å². The van der Waals surface area contributed by atoms with E-state index in [4.69, 9.17) is 0 Å². The SMILES string of the molecule is CCCCN(CC(C)(C)C(C)NCCC)C(C)CC. The minimum Gasteiger partial charge on any atom is -0.314 e. The van der Waals surface area contributed by atoms with E-state index in [0.717, 1.165) is 6.54 Å². The molecule has 2 atom stereocenters. The molecule has 0 aliphatic heterocycles. The minimum atomic E-state index is 0.326. The third-order valence-corrected chi connectivity index (χ3v) is 4.50. The molecular formula is C17H38N2. The van der Waals surface area contributed by atoms with Gasteiger partial charge in [0, 0.05) is 18.6 Å². The number of rotatable bonds is 11. The predicted molar refractivity (Wildman–Crippen MR) is 87.8 cm³/mol. The van der Waals surface area contributed by atoms with Crippen LogP contribution in [0.1, 0.15) is 74.1 Å². The van der Waals surface area contributed by atoms with Crippen molar-refractivity contribution in [3.05, 3.63) is 0 Å². The van der Waals surface area contributed by atoms with Gasteiger partial charge >= 0.3 is 0 Å². The van der Waals surface area contributed by atoms with E-state index in [0.29, 0.717) is 17.5 Å². The second-order valence-electron chi connectivity index (χ2n) is 6.75. The normalized spacial score (nSPS) is 15.8. The van der Waals surface area contributed by atoms with E-state index in [2.05, 4.69) is 58.7 Å². The van der Waals surface area contributed by atoms with Gasteiger partial charge in [-0.25, -0.2) is 0 Å². The molecule has 19 heavy (non-hydrogen) atoms. The topological polar surface area (TPSA) is 15.3 Å². The second-order valence-corrected chi connectivity index (χ2v) is 6.75. The lowest BCUT2D eigenvalue weighted by atomic mass is 9.84. The highest BCUT2D eigenvalue weighted by Crippen LogP contribution is 2.24. The highest BCUT2D eigenvalue weighted by atomic mass is 15.2. The largest absolute Gasteiger partial charge is 0.314 e. The number of nitrogens with zero attached hydrogens (tertiary/aromatic N) is 1. The molecule has 0 aliphatic carbocycles. The van der Waals surface area contributed by atoms with Crippen LogP contribution in [0.25, 0.3) is 0 Å². The zero-order valence-corrected chi connectivity index (χ0v) is 14.6. The van der Waals surface area contributed by atoms with Crippen molar-refractivity contribution < 1.29 is 0 Å². The minimum absolute atomic E-state index is 0.326. The first-order valence-corrected chi connectivity index (χ1v) is 8.36. The van der Waals surface area contributed by atoms with Crippen molar-refractivity contribution in [2.75, 3.05) is 19.6 Å². The lowest BCUT2D eigenvalue weighted by molar-refractivity contribution is 0.107. The fraction of sp³-hybridized carbons (Fsp3) is 1.00. The Hall–Kier alpha value is -0.0800. The molecule has 2 unspecified atom stereocenters. The molecule has 0 fully saturated rings. The van der Waals surface area contributed by atoms with Gasteiger partial charge in [0.1, 0.15) is 0 Å². The van der Waals surface area contributed by atoms with E-state index in [9.17, 15) is 0 Å². The van der Waals surface area contributed by atoms with Crippen molar-refractivity contribution in [1.82, 2.24) is 10.2 Å². The average Bonchev–Trinajstić information content (AvgIpc) is 2.39. The smallest absolute Gasteiger partial charge is 0.0102 e. The lowest BCUT2D eigenvalue weighted by Gasteiger charge is -2.40. The van der Waals surface area contributed by atoms with Crippen LogP contribution >= 0.6 is 0 Å². The van der Waals surface area contributed by atoms with Crippen LogP contribution in [-0.2, 0) is 0 Å². The highest BCUT2D eigenvalue weighted by Gasteiger charge is 2.29. The molecule has 2 nitrogen and oxygen atoms in total. The summed E-state index contributed by atoms with van der Waals surface area (Å²) in [6.07, 6.45) is 5.07. The molecule has 0 spiro atoms. The van der Waals surface area contributed by atoms with Crippen molar-refractivity contribution >= 4 is 0 Å². The molecule has 0 aromatic carbocycles. The number of hydrogen-bond donors (Lipinski definition) is 1. The van der Waals surface area contributed by atoms with Gasteiger partial charge in [-0.05, 0) is 51.6 Å². The van der Waals surface area contributed by atoms with Gasteiger partial charge < -0.3 is 10.2 Å². The average molecular weight is 271 g/mol. The summed E-state index contributed by atoms with van der Waals surface area (Å²) < 4.78 is 0. The van der Waals surface area contributed by atoms with Gasteiger partial charge in [0.05, 0.1) is 0 Å². The zero-order valence-electron chi connectivity index (χ0n) is 14.6. The van der Waals surface area contributed by atoms with Crippen molar-refractivity contribution in [3.8, 4) is 0 Å². The molecule has 116 valence electrons. The summed E-state index contributed by atoms with van der Waals surface area (Å²) in [6.45, 7) is 19.9. The molecule has 0 rings (SSSR count). The third kappa shape index (κ3) is 7.31. The van der Waals surface area contributed by atoms with Gasteiger partial charge in [-0.3, -0.25) is 0 Å². The van der Waals surface area contributed by atoms with Crippen LogP contribution in [-0.4, -0.2) is 36.6 Å². The third-order valence-electron chi connectivity index (χ3n) is 4.50. The van der Waals surface area contributed by atoms with Crippen molar-refractivity contribution in [1.29, 1.82) is 0 Å². The molecule has 0 aromatic rings. The maximum absolute atomic E-state index is 3.66. The summed E-state index contributed by atoms with van der Waals surface area (Å²) in [4.78, 5) is 2.69. The molecule has 0 saturated carbocycles. The summed E-state index contributed by atoms with van der Waals surface area (Å²) >= 11 is 0. The molecule has 0 aromatic heterocycles. The fourth-order valence-electron chi connectivity index (χ4n) is 2.37. The van der Waals surface area contributed by atoms with E-state index in [1.807, 2.05) is 0 Å². The van der Waals surface area contributed by atoms with E-state index in [1.54, 1.807) is 0 Å². The van der Waals surface area contributed by atoms with Crippen LogP contribution in [0.4, 0.5) is 0 Å². The summed E-state index contributed by atoms with van der Waals surface area (Å²) in [5.41, 5.74) is 0.326. The predicted octanol–water partition coefficient (Wildman–Crippen LogP) is 4.30. The summed E-state index contributed by atoms with van der Waals surface area (Å²) in [5, 5.41) is 3.66. The number of nitrogens with one attached hydrogen (secondary N) is 1. The van der Waals surface area contributed by atoms with E-state index in [1.165, 1.54) is 38.8 Å². The van der Waals surface area contributed by atoms with Crippen LogP contribution in [0.15, 0.2) is 0 Å². The van der Waals surface area contributed by atoms with Crippen LogP contribution in [0, 0.1) is 5.41 Å². The molecule has 1 N–H and O–H groups in total. The first-order chi connectivity index (χ1) is 8.88. The lowest BCUT2D eigenvalue weighted by Crippen LogP contribution is -2.49. The second kappa shape index (κ2) is 9.77. The highest BCUT2D eigenvalue weighted by molar-refractivity contribution is 4.85. The molecule has 0 saturated heterocycles. The van der Waals surface area contributed by atoms with E-state index < -0.39 is 0 Å². The van der Waals surface area contributed by atoms with E-state index >= 15 is 0 Å². The van der Waals surface area contributed by atoms with Gasteiger partial charge in [-0.1, -0.05) is 41.0 Å². The Labute approximate surface area is 122 Å². The Morgan fingerprint density at radius 1 is 1.05 bits per heavy atom. The molecular weight excluding hydrogens is 232 g/mol. The quantitative estimate of drug-likeness (QED) is 0.602. The summed E-state index contributed by atoms with van der Waals surface area (Å²) in [7, 11) is 0. The monoisotopic (exact) mass is 270 g/mol. The van der Waals surface area contributed by atoms with Crippen molar-refractivity contribution in [2.24, 2.45) is 5.41 Å². The molecule has 0 bridgehead atoms. The Morgan fingerprint density at radius 3 is 2.16 bits per heavy atom. The Balaban J connectivity index is 4.51. The van der Waals surface area contributed by atoms with Crippen LogP contribution in [0.5, 0.6) is 0 Å². The maximum Gasteiger partial charge on any atom is 0.0102 e. The van der Waals surface area contributed by atoms with Crippen molar-refractivity contribution in [2.45, 2.75) is 86.2 Å². The standard InChI is InChI=1S/C17H38N2/c1-8-11-13-19(15(4)10-3)14-17(6,7)16(5)18-12-9-2/h15-16,18H,8-14H2,1-7H3. The summed E-state index contributed by atoms with van der Waals surface area (Å²) in [6, 6.07) is 1.27. The van der Waals surface area contributed by atoms with Crippen molar-refractivity contribution in [3.63, 3.8) is 0 Å². The molecule has 0 aliphatic rings. The van der Waals surface area contributed by atoms with E-state index in [-0.39, 0.29) is 0 Å². The fourth-order valence-corrected chi connectivity index (χ4v) is 2.37. The van der Waals surface area contributed by atoms with Gasteiger partial charge in [-0.15, -0.1) is 0 Å². The molecule has 0 radical (unpaired) electrons. The van der Waals surface area contributed by atoms with Gasteiger partial charge in [0.15, 0.2) is 0 Å². The Morgan fingerprint density at radius 2 is 1.68 bits per heavy atom. The maximum atomic E-state index is 3.66.